The molecule has 0 saturated carbocycles. The highest BCUT2D eigenvalue weighted by Gasteiger charge is 2.10. The standard InChI is InChI=1S/C12H10F2N2O/c1-17-12-10(15)4-5-11(16-12)8-3-2-7(13)6-9(8)14/h2-6H,15H2,1H3. The lowest BCUT2D eigenvalue weighted by Gasteiger charge is -2.07. The molecule has 0 aliphatic heterocycles. The monoisotopic (exact) mass is 236 g/mol. The Morgan fingerprint density at radius 3 is 2.59 bits per heavy atom. The molecule has 2 rings (SSSR count). The average molecular weight is 236 g/mol. The number of nitrogens with two attached hydrogens (primary N) is 1. The Hall–Kier alpha value is -2.17. The Balaban J connectivity index is 2.53. The summed E-state index contributed by atoms with van der Waals surface area (Å²) < 4.78 is 31.2. The van der Waals surface area contributed by atoms with Gasteiger partial charge in [0.05, 0.1) is 18.5 Å². The van der Waals surface area contributed by atoms with E-state index in [9.17, 15) is 8.78 Å². The van der Waals surface area contributed by atoms with Crippen molar-refractivity contribution in [2.24, 2.45) is 0 Å². The molecule has 3 nitrogen and oxygen atoms in total. The normalized spacial score (nSPS) is 10.3. The molecular weight excluding hydrogens is 226 g/mol. The minimum Gasteiger partial charge on any atom is -0.480 e. The summed E-state index contributed by atoms with van der Waals surface area (Å²) in [5, 5.41) is 0. The van der Waals surface area contributed by atoms with Crippen molar-refractivity contribution in [3.05, 3.63) is 42.0 Å². The zero-order valence-corrected chi connectivity index (χ0v) is 9.08. The van der Waals surface area contributed by atoms with Gasteiger partial charge in [0.1, 0.15) is 11.6 Å². The van der Waals surface area contributed by atoms with Gasteiger partial charge in [-0.25, -0.2) is 13.8 Å². The van der Waals surface area contributed by atoms with Gasteiger partial charge in [-0.2, -0.15) is 0 Å². The van der Waals surface area contributed by atoms with E-state index in [0.717, 1.165) is 6.07 Å². The van der Waals surface area contributed by atoms with E-state index in [2.05, 4.69) is 4.98 Å². The number of ether oxygens (including phenoxy) is 1. The Bertz CT molecular complexity index is 558. The average Bonchev–Trinajstić information content (AvgIpc) is 2.30. The van der Waals surface area contributed by atoms with Crippen molar-refractivity contribution in [3.8, 4) is 17.1 Å². The molecule has 0 aliphatic carbocycles. The van der Waals surface area contributed by atoms with Crippen molar-refractivity contribution in [1.82, 2.24) is 4.98 Å². The molecule has 1 aromatic heterocycles. The van der Waals surface area contributed by atoms with E-state index in [1.807, 2.05) is 0 Å². The summed E-state index contributed by atoms with van der Waals surface area (Å²) in [5.74, 6) is -1.09. The largest absolute Gasteiger partial charge is 0.480 e. The van der Waals surface area contributed by atoms with E-state index in [1.165, 1.54) is 19.2 Å². The Morgan fingerprint density at radius 1 is 1.18 bits per heavy atom. The molecule has 0 aliphatic rings. The van der Waals surface area contributed by atoms with Crippen LogP contribution in [0.3, 0.4) is 0 Å². The van der Waals surface area contributed by atoms with Crippen LogP contribution in [0.1, 0.15) is 0 Å². The van der Waals surface area contributed by atoms with Gasteiger partial charge in [0.2, 0.25) is 5.88 Å². The Kier molecular flexibility index (Phi) is 2.91. The number of halogens is 2. The zero-order valence-electron chi connectivity index (χ0n) is 9.08. The minimum absolute atomic E-state index is 0.199. The number of benzene rings is 1. The van der Waals surface area contributed by atoms with Crippen LogP contribution in [0.4, 0.5) is 14.5 Å². The van der Waals surface area contributed by atoms with Gasteiger partial charge >= 0.3 is 0 Å². The third kappa shape index (κ3) is 2.18. The van der Waals surface area contributed by atoms with Gasteiger partial charge < -0.3 is 10.5 Å². The molecule has 2 N–H and O–H groups in total. The molecule has 0 spiro atoms. The highest BCUT2D eigenvalue weighted by molar-refractivity contribution is 5.64. The maximum Gasteiger partial charge on any atom is 0.237 e. The number of hydrogen-bond donors (Lipinski definition) is 1. The van der Waals surface area contributed by atoms with Gasteiger partial charge in [0, 0.05) is 11.6 Å². The lowest BCUT2D eigenvalue weighted by atomic mass is 10.1. The topological polar surface area (TPSA) is 48.1 Å². The quantitative estimate of drug-likeness (QED) is 0.871. The fourth-order valence-corrected chi connectivity index (χ4v) is 1.46. The Labute approximate surface area is 96.9 Å². The number of rotatable bonds is 2. The van der Waals surface area contributed by atoms with Gasteiger partial charge in [-0.1, -0.05) is 0 Å². The fraction of sp³-hybridized carbons (Fsp3) is 0.0833. The summed E-state index contributed by atoms with van der Waals surface area (Å²) >= 11 is 0. The van der Waals surface area contributed by atoms with Gasteiger partial charge in [-0.05, 0) is 24.3 Å². The number of hydrogen-bond acceptors (Lipinski definition) is 3. The van der Waals surface area contributed by atoms with Crippen molar-refractivity contribution in [2.75, 3.05) is 12.8 Å². The van der Waals surface area contributed by atoms with Crippen LogP contribution < -0.4 is 10.5 Å². The first-order valence-electron chi connectivity index (χ1n) is 4.87. The summed E-state index contributed by atoms with van der Waals surface area (Å²) in [6.07, 6.45) is 0. The van der Waals surface area contributed by atoms with Crippen molar-refractivity contribution >= 4 is 5.69 Å². The molecule has 0 radical (unpaired) electrons. The molecule has 17 heavy (non-hydrogen) atoms. The van der Waals surface area contributed by atoms with Crippen LogP contribution in [0, 0.1) is 11.6 Å². The smallest absolute Gasteiger partial charge is 0.237 e. The van der Waals surface area contributed by atoms with Crippen molar-refractivity contribution in [1.29, 1.82) is 0 Å². The van der Waals surface area contributed by atoms with Crippen LogP contribution in [0.5, 0.6) is 5.88 Å². The first-order chi connectivity index (χ1) is 8.11. The molecule has 0 bridgehead atoms. The molecule has 0 amide bonds. The molecule has 1 heterocycles. The summed E-state index contributed by atoms with van der Waals surface area (Å²) in [7, 11) is 1.42. The molecule has 1 aromatic carbocycles. The highest BCUT2D eigenvalue weighted by Crippen LogP contribution is 2.26. The number of methoxy groups -OCH3 is 1. The SMILES string of the molecule is COc1nc(-c2ccc(F)cc2F)ccc1N. The van der Waals surface area contributed by atoms with Gasteiger partial charge in [-0.3, -0.25) is 0 Å². The molecule has 5 heteroatoms. The number of pyridine rings is 1. The Morgan fingerprint density at radius 2 is 1.94 bits per heavy atom. The summed E-state index contributed by atoms with van der Waals surface area (Å²) in [6, 6.07) is 6.41. The molecule has 0 saturated heterocycles. The molecule has 0 fully saturated rings. The van der Waals surface area contributed by atoms with E-state index in [4.69, 9.17) is 10.5 Å². The van der Waals surface area contributed by atoms with E-state index in [0.29, 0.717) is 11.4 Å². The van der Waals surface area contributed by atoms with Crippen LogP contribution in [-0.4, -0.2) is 12.1 Å². The summed E-state index contributed by atoms with van der Waals surface area (Å²) in [5.41, 5.74) is 6.50. The summed E-state index contributed by atoms with van der Waals surface area (Å²) in [6.45, 7) is 0. The van der Waals surface area contributed by atoms with Crippen LogP contribution in [0.15, 0.2) is 30.3 Å². The fourth-order valence-electron chi connectivity index (χ4n) is 1.46. The third-order valence-corrected chi connectivity index (χ3v) is 2.29. The first-order valence-corrected chi connectivity index (χ1v) is 4.87. The second-order valence-electron chi connectivity index (χ2n) is 3.42. The van der Waals surface area contributed by atoms with Crippen molar-refractivity contribution in [3.63, 3.8) is 0 Å². The summed E-state index contributed by atoms with van der Waals surface area (Å²) in [4.78, 5) is 4.04. The molecule has 2 aromatic rings. The second-order valence-corrected chi connectivity index (χ2v) is 3.42. The second kappa shape index (κ2) is 4.37. The maximum atomic E-state index is 13.5. The third-order valence-electron chi connectivity index (χ3n) is 2.29. The molecule has 0 unspecified atom stereocenters. The minimum atomic E-state index is -0.677. The van der Waals surface area contributed by atoms with E-state index >= 15 is 0 Å². The van der Waals surface area contributed by atoms with Crippen LogP contribution in [0.25, 0.3) is 11.3 Å². The lowest BCUT2D eigenvalue weighted by Crippen LogP contribution is -1.97. The van der Waals surface area contributed by atoms with Crippen molar-refractivity contribution < 1.29 is 13.5 Å². The van der Waals surface area contributed by atoms with Gasteiger partial charge in [-0.15, -0.1) is 0 Å². The van der Waals surface area contributed by atoms with Crippen molar-refractivity contribution in [2.45, 2.75) is 0 Å². The number of aromatic nitrogens is 1. The predicted molar refractivity (Wildman–Crippen MR) is 60.6 cm³/mol. The van der Waals surface area contributed by atoms with E-state index in [1.54, 1.807) is 12.1 Å². The number of nitrogen functional groups attached to an aromatic ring is 1. The molecular formula is C12H10F2N2O. The molecule has 0 atom stereocenters. The van der Waals surface area contributed by atoms with Crippen LogP contribution in [0.2, 0.25) is 0 Å². The highest BCUT2D eigenvalue weighted by atomic mass is 19.1. The maximum absolute atomic E-state index is 13.5. The van der Waals surface area contributed by atoms with E-state index in [-0.39, 0.29) is 11.4 Å². The van der Waals surface area contributed by atoms with Gasteiger partial charge in [0.25, 0.3) is 0 Å². The molecule has 88 valence electrons. The number of anilines is 1. The zero-order chi connectivity index (χ0) is 12.4. The van der Waals surface area contributed by atoms with Crippen LogP contribution in [-0.2, 0) is 0 Å². The first kappa shape index (κ1) is 11.3. The van der Waals surface area contributed by atoms with E-state index < -0.39 is 11.6 Å². The van der Waals surface area contributed by atoms with Gasteiger partial charge in [0.15, 0.2) is 0 Å². The number of nitrogens with zero attached hydrogens (tertiary/aromatic N) is 1. The lowest BCUT2D eigenvalue weighted by molar-refractivity contribution is 0.401. The predicted octanol–water partition coefficient (Wildman–Crippen LogP) is 2.62. The van der Waals surface area contributed by atoms with Crippen LogP contribution >= 0.6 is 0 Å².